The van der Waals surface area contributed by atoms with Crippen LogP contribution in [-0.4, -0.2) is 30.2 Å². The Labute approximate surface area is 158 Å². The topological polar surface area (TPSA) is 15.6 Å². The van der Waals surface area contributed by atoms with E-state index >= 15 is 0 Å². The van der Waals surface area contributed by atoms with Gasteiger partial charge in [0.2, 0.25) is 0 Å². The largest absolute Gasteiger partial charge is 0.351 e. The van der Waals surface area contributed by atoms with E-state index in [0.29, 0.717) is 0 Å². The van der Waals surface area contributed by atoms with Gasteiger partial charge >= 0.3 is 0 Å². The molecular weight excluding hydrogens is 324 g/mol. The summed E-state index contributed by atoms with van der Waals surface area (Å²) >= 11 is 1.68. The molecule has 0 bridgehead atoms. The standard InChI is InChI=1S/C20H26N2S.C2H6/c1-5-13-22(14-6-2)20(21-4)23-16(3)18-12-11-17-9-7-8-10-19(17)15-18;1-2/h7-12,15H,3,5-6,13-14H2,1-2,4H3;1-2H3. The van der Waals surface area contributed by atoms with Gasteiger partial charge in [-0.05, 0) is 35.2 Å². The molecule has 2 aromatic carbocycles. The Morgan fingerprint density at radius 3 is 2.16 bits per heavy atom. The Kier molecular flexibility index (Phi) is 10.0. The van der Waals surface area contributed by atoms with E-state index in [-0.39, 0.29) is 0 Å². The first-order valence-corrected chi connectivity index (χ1v) is 10.1. The average molecular weight is 357 g/mol. The second-order valence-corrected chi connectivity index (χ2v) is 6.64. The molecule has 0 aliphatic carbocycles. The molecule has 0 spiro atoms. The van der Waals surface area contributed by atoms with Crippen LogP contribution in [0, 0.1) is 0 Å². The third-order valence-electron chi connectivity index (χ3n) is 3.73. The molecule has 2 aromatic rings. The lowest BCUT2D eigenvalue weighted by atomic mass is 10.1. The van der Waals surface area contributed by atoms with Gasteiger partial charge in [-0.25, -0.2) is 0 Å². The molecule has 0 amide bonds. The second kappa shape index (κ2) is 11.8. The summed E-state index contributed by atoms with van der Waals surface area (Å²) in [4.78, 5) is 7.91. The van der Waals surface area contributed by atoms with E-state index in [1.54, 1.807) is 11.8 Å². The summed E-state index contributed by atoms with van der Waals surface area (Å²) < 4.78 is 0. The minimum atomic E-state index is 1.04. The minimum absolute atomic E-state index is 1.04. The van der Waals surface area contributed by atoms with Gasteiger partial charge in [0, 0.05) is 25.0 Å². The molecule has 2 rings (SSSR count). The number of rotatable bonds is 6. The molecule has 2 nitrogen and oxygen atoms in total. The highest BCUT2D eigenvalue weighted by Crippen LogP contribution is 2.30. The minimum Gasteiger partial charge on any atom is -0.351 e. The summed E-state index contributed by atoms with van der Waals surface area (Å²) in [6, 6.07) is 14.9. The molecule has 25 heavy (non-hydrogen) atoms. The maximum absolute atomic E-state index is 4.50. The highest BCUT2D eigenvalue weighted by Gasteiger charge is 2.12. The predicted octanol–water partition coefficient (Wildman–Crippen LogP) is 6.68. The monoisotopic (exact) mass is 356 g/mol. The van der Waals surface area contributed by atoms with Crippen LogP contribution in [-0.2, 0) is 0 Å². The molecule has 0 atom stereocenters. The quantitative estimate of drug-likeness (QED) is 0.424. The lowest BCUT2D eigenvalue weighted by Gasteiger charge is -2.25. The number of aliphatic imine (C=N–C) groups is 1. The smallest absolute Gasteiger partial charge is 0.163 e. The van der Waals surface area contributed by atoms with E-state index in [0.717, 1.165) is 36.0 Å². The van der Waals surface area contributed by atoms with Crippen LogP contribution in [0.2, 0.25) is 0 Å². The van der Waals surface area contributed by atoms with Crippen LogP contribution >= 0.6 is 11.8 Å². The van der Waals surface area contributed by atoms with Crippen molar-refractivity contribution in [1.82, 2.24) is 4.90 Å². The number of benzene rings is 2. The van der Waals surface area contributed by atoms with Gasteiger partial charge in [-0.15, -0.1) is 0 Å². The number of nitrogens with zero attached hydrogens (tertiary/aromatic N) is 2. The average Bonchev–Trinajstić information content (AvgIpc) is 2.67. The molecule has 0 N–H and O–H groups in total. The van der Waals surface area contributed by atoms with Crippen LogP contribution < -0.4 is 0 Å². The van der Waals surface area contributed by atoms with Crippen LogP contribution in [0.3, 0.4) is 0 Å². The number of fused-ring (bicyclic) bond motifs is 1. The van der Waals surface area contributed by atoms with E-state index in [1.165, 1.54) is 16.3 Å². The van der Waals surface area contributed by atoms with Crippen molar-refractivity contribution in [3.05, 3.63) is 54.6 Å². The van der Waals surface area contributed by atoms with Crippen molar-refractivity contribution in [2.75, 3.05) is 20.1 Å². The second-order valence-electron chi connectivity index (χ2n) is 5.58. The summed E-state index contributed by atoms with van der Waals surface area (Å²) in [7, 11) is 1.87. The third-order valence-corrected chi connectivity index (χ3v) is 4.84. The number of hydrogen-bond acceptors (Lipinski definition) is 2. The zero-order valence-electron chi connectivity index (χ0n) is 16.4. The van der Waals surface area contributed by atoms with Crippen LogP contribution in [0.5, 0.6) is 0 Å². The summed E-state index contributed by atoms with van der Waals surface area (Å²) in [6.07, 6.45) is 2.25. The zero-order valence-corrected chi connectivity index (χ0v) is 17.2. The van der Waals surface area contributed by atoms with Gasteiger partial charge in [0.1, 0.15) is 0 Å². The molecule has 0 heterocycles. The van der Waals surface area contributed by atoms with Gasteiger partial charge in [0.25, 0.3) is 0 Å². The van der Waals surface area contributed by atoms with Gasteiger partial charge in [-0.2, -0.15) is 0 Å². The maximum Gasteiger partial charge on any atom is 0.163 e. The maximum atomic E-state index is 4.50. The van der Waals surface area contributed by atoms with E-state index in [4.69, 9.17) is 0 Å². The van der Waals surface area contributed by atoms with Crippen molar-refractivity contribution in [2.45, 2.75) is 40.5 Å². The molecule has 0 saturated heterocycles. The fraction of sp³-hybridized carbons (Fsp3) is 0.409. The van der Waals surface area contributed by atoms with Gasteiger partial charge in [0.15, 0.2) is 5.17 Å². The van der Waals surface area contributed by atoms with Gasteiger partial charge < -0.3 is 4.90 Å². The van der Waals surface area contributed by atoms with Gasteiger partial charge in [-0.3, -0.25) is 4.99 Å². The van der Waals surface area contributed by atoms with Crippen molar-refractivity contribution < 1.29 is 0 Å². The van der Waals surface area contributed by atoms with E-state index < -0.39 is 0 Å². The van der Waals surface area contributed by atoms with E-state index in [1.807, 2.05) is 20.9 Å². The summed E-state index contributed by atoms with van der Waals surface area (Å²) in [5.41, 5.74) is 1.17. The molecule has 0 aromatic heterocycles. The lowest BCUT2D eigenvalue weighted by Crippen LogP contribution is -2.30. The number of thioether (sulfide) groups is 1. The molecule has 0 fully saturated rings. The molecule has 0 saturated carbocycles. The normalized spacial score (nSPS) is 11.0. The molecule has 3 heteroatoms. The van der Waals surface area contributed by atoms with Crippen molar-refractivity contribution in [3.8, 4) is 0 Å². The summed E-state index contributed by atoms with van der Waals surface area (Å²) in [5.74, 6) is 0. The zero-order chi connectivity index (χ0) is 18.7. The Balaban J connectivity index is 0.00000151. The van der Waals surface area contributed by atoms with Crippen LogP contribution in [0.25, 0.3) is 15.7 Å². The number of amidine groups is 1. The molecule has 0 radical (unpaired) electrons. The molecule has 0 aliphatic rings. The first-order chi connectivity index (χ1) is 12.2. The summed E-state index contributed by atoms with van der Waals surface area (Å²) in [6.45, 7) is 14.8. The first-order valence-electron chi connectivity index (χ1n) is 9.27. The Hall–Kier alpha value is -1.74. The highest BCUT2D eigenvalue weighted by atomic mass is 32.2. The Morgan fingerprint density at radius 1 is 1.00 bits per heavy atom. The van der Waals surface area contributed by atoms with Crippen molar-refractivity contribution in [3.63, 3.8) is 0 Å². The van der Waals surface area contributed by atoms with Crippen molar-refractivity contribution in [1.29, 1.82) is 0 Å². The van der Waals surface area contributed by atoms with E-state index in [2.05, 4.69) is 72.8 Å². The van der Waals surface area contributed by atoms with Gasteiger partial charge in [0.05, 0.1) is 0 Å². The van der Waals surface area contributed by atoms with Crippen LogP contribution in [0.4, 0.5) is 0 Å². The molecular formula is C22H32N2S. The first kappa shape index (κ1) is 21.3. The fourth-order valence-corrected chi connectivity index (χ4v) is 3.49. The molecule has 136 valence electrons. The fourth-order valence-electron chi connectivity index (χ4n) is 2.63. The van der Waals surface area contributed by atoms with Crippen LogP contribution in [0.1, 0.15) is 46.1 Å². The Bertz CT molecular complexity index is 685. The molecule has 0 unspecified atom stereocenters. The SMILES string of the molecule is C=C(SC(=NC)N(CCC)CCC)c1ccc2ccccc2c1.CC. The third kappa shape index (κ3) is 6.24. The summed E-state index contributed by atoms with van der Waals surface area (Å²) in [5, 5.41) is 3.57. The predicted molar refractivity (Wildman–Crippen MR) is 117 cm³/mol. The van der Waals surface area contributed by atoms with E-state index in [9.17, 15) is 0 Å². The highest BCUT2D eigenvalue weighted by molar-refractivity contribution is 8.21. The number of hydrogen-bond donors (Lipinski definition) is 0. The van der Waals surface area contributed by atoms with Crippen molar-refractivity contribution >= 4 is 32.6 Å². The van der Waals surface area contributed by atoms with Crippen molar-refractivity contribution in [2.24, 2.45) is 4.99 Å². The molecule has 0 aliphatic heterocycles. The lowest BCUT2D eigenvalue weighted by molar-refractivity contribution is 0.424. The Morgan fingerprint density at radius 2 is 1.60 bits per heavy atom. The van der Waals surface area contributed by atoms with Crippen LogP contribution in [0.15, 0.2) is 54.0 Å². The van der Waals surface area contributed by atoms with Gasteiger partial charge in [-0.1, -0.05) is 82.4 Å².